The molecule has 1 amide bonds. The molecule has 0 aliphatic carbocycles. The Morgan fingerprint density at radius 1 is 1.12 bits per heavy atom. The molecule has 0 atom stereocenters. The van der Waals surface area contributed by atoms with E-state index in [1.807, 2.05) is 6.92 Å². The van der Waals surface area contributed by atoms with Crippen LogP contribution in [0.5, 0.6) is 0 Å². The Kier molecular flexibility index (Phi) is 10.8. The van der Waals surface area contributed by atoms with E-state index in [1.165, 1.54) is 6.92 Å². The van der Waals surface area contributed by atoms with Crippen LogP contribution in [0.2, 0.25) is 0 Å². The summed E-state index contributed by atoms with van der Waals surface area (Å²) in [7, 11) is 0. The zero-order valence-electron chi connectivity index (χ0n) is 10.6. The van der Waals surface area contributed by atoms with Crippen molar-refractivity contribution in [3.8, 4) is 0 Å². The summed E-state index contributed by atoms with van der Waals surface area (Å²) >= 11 is 0. The number of hydrogen-bond donors (Lipinski definition) is 2. The van der Waals surface area contributed by atoms with Crippen LogP contribution in [-0.4, -0.2) is 57.8 Å². The third kappa shape index (κ3) is 13.0. The molecule has 0 saturated carbocycles. The van der Waals surface area contributed by atoms with Crippen molar-refractivity contribution in [2.45, 2.75) is 13.8 Å². The predicted octanol–water partition coefficient (Wildman–Crippen LogP) is -0.666. The highest BCUT2D eigenvalue weighted by molar-refractivity contribution is 5.77. The molecule has 0 aromatic rings. The van der Waals surface area contributed by atoms with Crippen LogP contribution in [0.4, 0.5) is 0 Å². The molecule has 0 bridgehead atoms. The molecule has 17 heavy (non-hydrogen) atoms. The fourth-order valence-corrected chi connectivity index (χ4v) is 0.999. The fourth-order valence-electron chi connectivity index (χ4n) is 0.999. The zero-order valence-corrected chi connectivity index (χ0v) is 10.6. The Hall–Kier alpha value is -0.980. The van der Waals surface area contributed by atoms with Crippen LogP contribution in [0.3, 0.4) is 0 Å². The van der Waals surface area contributed by atoms with Crippen molar-refractivity contribution in [1.82, 2.24) is 10.6 Å². The summed E-state index contributed by atoms with van der Waals surface area (Å²) in [6.07, 6.45) is 0. The number of nitrogens with one attached hydrogen (secondary N) is 2. The van der Waals surface area contributed by atoms with Gasteiger partial charge >= 0.3 is 0 Å². The van der Waals surface area contributed by atoms with E-state index < -0.39 is 0 Å². The monoisotopic (exact) mass is 246 g/mol. The topological polar surface area (TPSA) is 76.7 Å². The van der Waals surface area contributed by atoms with Gasteiger partial charge in [0.25, 0.3) is 0 Å². The van der Waals surface area contributed by atoms with Crippen molar-refractivity contribution < 1.29 is 19.1 Å². The summed E-state index contributed by atoms with van der Waals surface area (Å²) in [4.78, 5) is 21.6. The number of rotatable bonds is 11. The Morgan fingerprint density at radius 3 is 2.47 bits per heavy atom. The molecule has 100 valence electrons. The summed E-state index contributed by atoms with van der Waals surface area (Å²) in [5, 5.41) is 5.63. The Bertz CT molecular complexity index is 222. The van der Waals surface area contributed by atoms with Gasteiger partial charge in [0.2, 0.25) is 5.91 Å². The van der Waals surface area contributed by atoms with Gasteiger partial charge in [0.15, 0.2) is 5.78 Å². The minimum absolute atomic E-state index is 0.000637. The molecule has 0 heterocycles. The van der Waals surface area contributed by atoms with E-state index in [9.17, 15) is 9.59 Å². The number of amides is 1. The van der Waals surface area contributed by atoms with Gasteiger partial charge in [-0.3, -0.25) is 9.59 Å². The van der Waals surface area contributed by atoms with Crippen molar-refractivity contribution in [3.05, 3.63) is 0 Å². The summed E-state index contributed by atoms with van der Waals surface area (Å²) in [5.74, 6) is -0.0380. The fraction of sp³-hybridized carbons (Fsp3) is 0.818. The standard InChI is InChI=1S/C11H22N2O4/c1-3-12-8-11(15)13-4-5-16-6-7-17-9-10(2)14/h12H,3-9H2,1-2H3,(H,13,15). The maximum Gasteiger partial charge on any atom is 0.234 e. The molecule has 2 N–H and O–H groups in total. The van der Waals surface area contributed by atoms with Crippen LogP contribution < -0.4 is 10.6 Å². The molecule has 0 spiro atoms. The van der Waals surface area contributed by atoms with Gasteiger partial charge in [-0.25, -0.2) is 0 Å². The van der Waals surface area contributed by atoms with Crippen molar-refractivity contribution >= 4 is 11.7 Å². The molecule has 0 rings (SSSR count). The van der Waals surface area contributed by atoms with Gasteiger partial charge < -0.3 is 20.1 Å². The second kappa shape index (κ2) is 11.5. The molecule has 0 aromatic carbocycles. The Labute approximate surface area is 102 Å². The third-order valence-electron chi connectivity index (χ3n) is 1.78. The summed E-state index contributed by atoms with van der Waals surface area (Å²) in [6, 6.07) is 0. The lowest BCUT2D eigenvalue weighted by atomic mass is 10.5. The largest absolute Gasteiger partial charge is 0.377 e. The first kappa shape index (κ1) is 16.0. The number of ketones is 1. The first-order valence-electron chi connectivity index (χ1n) is 5.79. The van der Waals surface area contributed by atoms with Crippen molar-refractivity contribution in [2.75, 3.05) is 46.1 Å². The molecular weight excluding hydrogens is 224 g/mol. The quantitative estimate of drug-likeness (QED) is 0.473. The van der Waals surface area contributed by atoms with E-state index in [1.54, 1.807) is 0 Å². The average molecular weight is 246 g/mol. The van der Waals surface area contributed by atoms with Crippen molar-refractivity contribution in [2.24, 2.45) is 0 Å². The van der Waals surface area contributed by atoms with Crippen LogP contribution in [0.25, 0.3) is 0 Å². The van der Waals surface area contributed by atoms with Crippen LogP contribution in [0.15, 0.2) is 0 Å². The number of ether oxygens (including phenoxy) is 2. The average Bonchev–Trinajstić information content (AvgIpc) is 2.29. The van der Waals surface area contributed by atoms with Crippen molar-refractivity contribution in [1.29, 1.82) is 0 Å². The molecule has 0 unspecified atom stereocenters. The molecule has 0 fully saturated rings. The number of Topliss-reactive ketones (excluding diaryl/α,β-unsaturated/α-hetero) is 1. The van der Waals surface area contributed by atoms with Gasteiger partial charge in [0, 0.05) is 6.54 Å². The molecule has 0 radical (unpaired) electrons. The van der Waals surface area contributed by atoms with Crippen molar-refractivity contribution in [3.63, 3.8) is 0 Å². The van der Waals surface area contributed by atoms with Crippen LogP contribution in [-0.2, 0) is 19.1 Å². The van der Waals surface area contributed by atoms with Gasteiger partial charge in [-0.1, -0.05) is 6.92 Å². The molecule has 0 aromatic heterocycles. The summed E-state index contributed by atoms with van der Waals surface area (Å²) in [5.41, 5.74) is 0. The molecule has 6 heteroatoms. The highest BCUT2D eigenvalue weighted by atomic mass is 16.5. The second-order valence-corrected chi connectivity index (χ2v) is 3.50. The summed E-state index contributed by atoms with van der Waals surface area (Å²) < 4.78 is 10.2. The Balaban J connectivity index is 3.12. The van der Waals surface area contributed by atoms with Gasteiger partial charge in [-0.15, -0.1) is 0 Å². The first-order chi connectivity index (χ1) is 8.16. The van der Waals surface area contributed by atoms with Gasteiger partial charge in [-0.05, 0) is 13.5 Å². The second-order valence-electron chi connectivity index (χ2n) is 3.50. The van der Waals surface area contributed by atoms with E-state index in [0.29, 0.717) is 32.9 Å². The maximum absolute atomic E-state index is 11.1. The van der Waals surface area contributed by atoms with Gasteiger partial charge in [-0.2, -0.15) is 0 Å². The minimum Gasteiger partial charge on any atom is -0.377 e. The molecule has 0 aliphatic rings. The number of hydrogen-bond acceptors (Lipinski definition) is 5. The predicted molar refractivity (Wildman–Crippen MR) is 63.9 cm³/mol. The Morgan fingerprint density at radius 2 is 1.82 bits per heavy atom. The maximum atomic E-state index is 11.1. The number of carbonyl (C=O) groups is 2. The summed E-state index contributed by atoms with van der Waals surface area (Å²) in [6.45, 7) is 6.40. The number of likely N-dealkylation sites (N-methyl/N-ethyl adjacent to an activating group) is 1. The SMILES string of the molecule is CCNCC(=O)NCCOCCOCC(C)=O. The zero-order chi connectivity index (χ0) is 12.9. The highest BCUT2D eigenvalue weighted by Gasteiger charge is 1.98. The lowest BCUT2D eigenvalue weighted by Gasteiger charge is -2.06. The van der Waals surface area contributed by atoms with Crippen LogP contribution in [0, 0.1) is 0 Å². The molecule has 0 saturated heterocycles. The van der Waals surface area contributed by atoms with E-state index >= 15 is 0 Å². The molecular formula is C11H22N2O4. The van der Waals surface area contributed by atoms with Gasteiger partial charge in [0.1, 0.15) is 6.61 Å². The smallest absolute Gasteiger partial charge is 0.234 e. The molecule has 0 aliphatic heterocycles. The van der Waals surface area contributed by atoms with E-state index in [2.05, 4.69) is 10.6 Å². The third-order valence-corrected chi connectivity index (χ3v) is 1.78. The van der Waals surface area contributed by atoms with E-state index in [0.717, 1.165) is 6.54 Å². The van der Waals surface area contributed by atoms with Gasteiger partial charge in [0.05, 0.1) is 26.4 Å². The van der Waals surface area contributed by atoms with E-state index in [-0.39, 0.29) is 18.3 Å². The highest BCUT2D eigenvalue weighted by Crippen LogP contribution is 1.79. The lowest BCUT2D eigenvalue weighted by Crippen LogP contribution is -2.35. The minimum atomic E-state index is -0.0386. The van der Waals surface area contributed by atoms with Crippen LogP contribution in [0.1, 0.15) is 13.8 Å². The normalized spacial score (nSPS) is 10.2. The lowest BCUT2D eigenvalue weighted by molar-refractivity contribution is -0.122. The first-order valence-corrected chi connectivity index (χ1v) is 5.79. The van der Waals surface area contributed by atoms with Crippen LogP contribution >= 0.6 is 0 Å². The van der Waals surface area contributed by atoms with E-state index in [4.69, 9.17) is 9.47 Å². The molecule has 6 nitrogen and oxygen atoms in total. The number of carbonyl (C=O) groups excluding carboxylic acids is 2.